The third kappa shape index (κ3) is 3.28. The Hall–Kier alpha value is -2.17. The Bertz CT molecular complexity index is 624. The second-order valence-electron chi connectivity index (χ2n) is 6.46. The number of methoxy groups -OCH3 is 1. The Labute approximate surface area is 135 Å². The SMILES string of the molecule is COC(=O)c1cccc(NC(=O)C2CC3CCCC(C2)C3=O)c1. The summed E-state index contributed by atoms with van der Waals surface area (Å²) in [6.45, 7) is 0. The number of rotatable bonds is 3. The molecule has 0 spiro atoms. The van der Waals surface area contributed by atoms with Crippen LogP contribution in [0.15, 0.2) is 24.3 Å². The van der Waals surface area contributed by atoms with E-state index in [0.717, 1.165) is 19.3 Å². The molecular weight excluding hydrogens is 294 g/mol. The highest BCUT2D eigenvalue weighted by Crippen LogP contribution is 2.40. The first-order valence-corrected chi connectivity index (χ1v) is 8.11. The molecule has 0 heterocycles. The molecule has 0 aromatic heterocycles. The fraction of sp³-hybridized carbons (Fsp3) is 0.500. The fourth-order valence-corrected chi connectivity index (χ4v) is 3.78. The largest absolute Gasteiger partial charge is 0.465 e. The number of ether oxygens (including phenoxy) is 1. The maximum absolute atomic E-state index is 12.5. The van der Waals surface area contributed by atoms with Gasteiger partial charge in [-0.3, -0.25) is 9.59 Å². The maximum atomic E-state index is 12.5. The molecule has 2 saturated carbocycles. The summed E-state index contributed by atoms with van der Waals surface area (Å²) in [5.41, 5.74) is 0.987. The van der Waals surface area contributed by atoms with Crippen LogP contribution in [-0.2, 0) is 14.3 Å². The molecule has 2 aliphatic rings. The highest BCUT2D eigenvalue weighted by atomic mass is 16.5. The predicted octanol–water partition coefficient (Wildman–Crippen LogP) is 2.81. The molecule has 2 aliphatic carbocycles. The van der Waals surface area contributed by atoms with Gasteiger partial charge in [0.25, 0.3) is 0 Å². The van der Waals surface area contributed by atoms with Gasteiger partial charge in [0.05, 0.1) is 12.7 Å². The van der Waals surface area contributed by atoms with E-state index in [4.69, 9.17) is 0 Å². The number of Topliss-reactive ketones (excluding diaryl/α,β-unsaturated/α-hetero) is 1. The minimum absolute atomic E-state index is 0.0552. The molecule has 3 rings (SSSR count). The lowest BCUT2D eigenvalue weighted by Crippen LogP contribution is -2.40. The van der Waals surface area contributed by atoms with Gasteiger partial charge >= 0.3 is 5.97 Å². The first-order valence-electron chi connectivity index (χ1n) is 8.11. The number of amides is 1. The van der Waals surface area contributed by atoms with Crippen LogP contribution in [0.5, 0.6) is 0 Å². The van der Waals surface area contributed by atoms with Crippen LogP contribution < -0.4 is 5.32 Å². The molecule has 1 aromatic carbocycles. The lowest BCUT2D eigenvalue weighted by molar-refractivity contribution is -0.136. The highest BCUT2D eigenvalue weighted by Gasteiger charge is 2.41. The van der Waals surface area contributed by atoms with Crippen molar-refractivity contribution in [3.63, 3.8) is 0 Å². The van der Waals surface area contributed by atoms with E-state index in [-0.39, 0.29) is 23.7 Å². The Kier molecular flexibility index (Phi) is 4.46. The highest BCUT2D eigenvalue weighted by molar-refractivity contribution is 5.97. The van der Waals surface area contributed by atoms with Crippen molar-refractivity contribution in [2.45, 2.75) is 32.1 Å². The number of esters is 1. The van der Waals surface area contributed by atoms with E-state index in [2.05, 4.69) is 10.1 Å². The third-order valence-electron chi connectivity index (χ3n) is 4.97. The van der Waals surface area contributed by atoms with E-state index in [1.165, 1.54) is 7.11 Å². The van der Waals surface area contributed by atoms with Crippen molar-refractivity contribution < 1.29 is 19.1 Å². The zero-order valence-electron chi connectivity index (χ0n) is 13.2. The Morgan fingerprint density at radius 1 is 1.17 bits per heavy atom. The number of hydrogen-bond acceptors (Lipinski definition) is 4. The molecule has 2 bridgehead atoms. The molecule has 0 saturated heterocycles. The standard InChI is InChI=1S/C18H21NO4/c1-23-18(22)13-6-3-7-15(10-13)19-17(21)14-8-11-4-2-5-12(9-14)16(11)20/h3,6-7,10-12,14H,2,4-5,8-9H2,1H3,(H,19,21). The number of ketones is 1. The van der Waals surface area contributed by atoms with Gasteiger partial charge in [-0.15, -0.1) is 0 Å². The van der Waals surface area contributed by atoms with Gasteiger partial charge in [-0.05, 0) is 43.9 Å². The van der Waals surface area contributed by atoms with Gasteiger partial charge in [-0.25, -0.2) is 4.79 Å². The van der Waals surface area contributed by atoms with Crippen molar-refractivity contribution >= 4 is 23.3 Å². The van der Waals surface area contributed by atoms with E-state index in [1.807, 2.05) is 0 Å². The zero-order chi connectivity index (χ0) is 16.4. The Balaban J connectivity index is 1.68. The second-order valence-corrected chi connectivity index (χ2v) is 6.46. The molecule has 5 heteroatoms. The fourth-order valence-electron chi connectivity index (χ4n) is 3.78. The van der Waals surface area contributed by atoms with Crippen LogP contribution in [0.2, 0.25) is 0 Å². The van der Waals surface area contributed by atoms with Gasteiger partial charge in [-0.1, -0.05) is 12.5 Å². The molecule has 2 atom stereocenters. The number of carbonyl (C=O) groups is 3. The number of fused-ring (bicyclic) bond motifs is 2. The van der Waals surface area contributed by atoms with E-state index in [0.29, 0.717) is 29.9 Å². The van der Waals surface area contributed by atoms with Crippen molar-refractivity contribution in [1.29, 1.82) is 0 Å². The maximum Gasteiger partial charge on any atom is 0.337 e. The van der Waals surface area contributed by atoms with Gasteiger partial charge in [0.1, 0.15) is 5.78 Å². The average molecular weight is 315 g/mol. The Morgan fingerprint density at radius 2 is 1.87 bits per heavy atom. The Morgan fingerprint density at radius 3 is 2.52 bits per heavy atom. The molecule has 5 nitrogen and oxygen atoms in total. The molecule has 1 N–H and O–H groups in total. The molecule has 0 aliphatic heterocycles. The monoisotopic (exact) mass is 315 g/mol. The van der Waals surface area contributed by atoms with Gasteiger partial charge in [0, 0.05) is 23.4 Å². The van der Waals surface area contributed by atoms with Crippen LogP contribution in [0.4, 0.5) is 5.69 Å². The van der Waals surface area contributed by atoms with E-state index < -0.39 is 5.97 Å². The van der Waals surface area contributed by atoms with Crippen LogP contribution >= 0.6 is 0 Å². The summed E-state index contributed by atoms with van der Waals surface area (Å²) in [5.74, 6) is -0.146. The summed E-state index contributed by atoms with van der Waals surface area (Å²) in [7, 11) is 1.32. The van der Waals surface area contributed by atoms with E-state index >= 15 is 0 Å². The van der Waals surface area contributed by atoms with Gasteiger partial charge in [0.15, 0.2) is 0 Å². The zero-order valence-corrected chi connectivity index (χ0v) is 13.2. The van der Waals surface area contributed by atoms with Crippen molar-refractivity contribution in [3.05, 3.63) is 29.8 Å². The average Bonchev–Trinajstić information content (AvgIpc) is 2.54. The molecule has 2 unspecified atom stereocenters. The van der Waals surface area contributed by atoms with Crippen LogP contribution in [-0.4, -0.2) is 24.8 Å². The molecular formula is C18H21NO4. The molecule has 0 radical (unpaired) electrons. The lowest BCUT2D eigenvalue weighted by atomic mass is 9.67. The number of nitrogens with one attached hydrogen (secondary N) is 1. The van der Waals surface area contributed by atoms with Crippen LogP contribution in [0, 0.1) is 17.8 Å². The summed E-state index contributed by atoms with van der Waals surface area (Å²) in [4.78, 5) is 36.2. The summed E-state index contributed by atoms with van der Waals surface area (Å²) in [6, 6.07) is 6.71. The topological polar surface area (TPSA) is 72.5 Å². The van der Waals surface area contributed by atoms with Crippen molar-refractivity contribution in [2.24, 2.45) is 17.8 Å². The lowest BCUT2D eigenvalue weighted by Gasteiger charge is -2.36. The second kappa shape index (κ2) is 6.52. The van der Waals surface area contributed by atoms with Gasteiger partial charge in [-0.2, -0.15) is 0 Å². The van der Waals surface area contributed by atoms with E-state index in [9.17, 15) is 14.4 Å². The number of benzene rings is 1. The molecule has 2 fully saturated rings. The summed E-state index contributed by atoms with van der Waals surface area (Å²) >= 11 is 0. The predicted molar refractivity (Wildman–Crippen MR) is 85.0 cm³/mol. The third-order valence-corrected chi connectivity index (χ3v) is 4.97. The summed E-state index contributed by atoms with van der Waals surface area (Å²) < 4.78 is 4.69. The normalized spacial score (nSPS) is 26.5. The van der Waals surface area contributed by atoms with Crippen molar-refractivity contribution in [3.8, 4) is 0 Å². The van der Waals surface area contributed by atoms with Crippen molar-refractivity contribution in [2.75, 3.05) is 12.4 Å². The van der Waals surface area contributed by atoms with E-state index in [1.54, 1.807) is 24.3 Å². The van der Waals surface area contributed by atoms with Gasteiger partial charge < -0.3 is 10.1 Å². The number of carbonyl (C=O) groups excluding carboxylic acids is 3. The molecule has 1 amide bonds. The van der Waals surface area contributed by atoms with Gasteiger partial charge in [0.2, 0.25) is 5.91 Å². The molecule has 23 heavy (non-hydrogen) atoms. The van der Waals surface area contributed by atoms with Crippen LogP contribution in [0.25, 0.3) is 0 Å². The van der Waals surface area contributed by atoms with Crippen molar-refractivity contribution in [1.82, 2.24) is 0 Å². The summed E-state index contributed by atoms with van der Waals surface area (Å²) in [5, 5.41) is 2.88. The van der Waals surface area contributed by atoms with Crippen LogP contribution in [0.3, 0.4) is 0 Å². The summed E-state index contributed by atoms with van der Waals surface area (Å²) in [6.07, 6.45) is 4.22. The minimum atomic E-state index is -0.432. The first-order chi connectivity index (χ1) is 11.1. The number of hydrogen-bond donors (Lipinski definition) is 1. The van der Waals surface area contributed by atoms with Crippen LogP contribution in [0.1, 0.15) is 42.5 Å². The molecule has 1 aromatic rings. The smallest absolute Gasteiger partial charge is 0.337 e. The molecule has 122 valence electrons. The number of anilines is 1. The first kappa shape index (κ1) is 15.7. The minimum Gasteiger partial charge on any atom is -0.465 e. The quantitative estimate of drug-likeness (QED) is 0.871.